The van der Waals surface area contributed by atoms with Gasteiger partial charge in [-0.2, -0.15) is 0 Å². The topological polar surface area (TPSA) is 56.2 Å². The van der Waals surface area contributed by atoms with Crippen LogP contribution in [0, 0.1) is 0 Å². The third-order valence-electron chi connectivity index (χ3n) is 3.51. The van der Waals surface area contributed by atoms with Crippen molar-refractivity contribution in [2.75, 3.05) is 6.61 Å². The van der Waals surface area contributed by atoms with Crippen LogP contribution in [0.4, 0.5) is 0 Å². The molecule has 112 valence electrons. The van der Waals surface area contributed by atoms with Crippen LogP contribution in [-0.4, -0.2) is 28.2 Å². The normalized spacial score (nSPS) is 14.4. The van der Waals surface area contributed by atoms with Gasteiger partial charge in [0.2, 0.25) is 0 Å². The molecule has 0 aliphatic heterocycles. The summed E-state index contributed by atoms with van der Waals surface area (Å²) in [7, 11) is 0. The third kappa shape index (κ3) is 5.33. The van der Waals surface area contributed by atoms with Crippen molar-refractivity contribution in [1.82, 2.24) is 14.9 Å². The van der Waals surface area contributed by atoms with Gasteiger partial charge in [-0.3, -0.25) is 4.79 Å². The van der Waals surface area contributed by atoms with E-state index in [1.54, 1.807) is 0 Å². The van der Waals surface area contributed by atoms with Gasteiger partial charge in [-0.15, -0.1) is 0 Å². The number of carbonyl (C=O) groups excluding carboxylic acids is 1. The lowest BCUT2D eigenvalue weighted by atomic mass is 10.2. The summed E-state index contributed by atoms with van der Waals surface area (Å²) in [6, 6.07) is 0.713. The first kappa shape index (κ1) is 15.0. The van der Waals surface area contributed by atoms with Crippen LogP contribution in [0.15, 0.2) is 12.4 Å². The van der Waals surface area contributed by atoms with E-state index >= 15 is 0 Å². The Morgan fingerprint density at radius 1 is 1.45 bits per heavy atom. The molecule has 1 aliphatic carbocycles. The molecule has 5 heteroatoms. The Balaban J connectivity index is 1.58. The van der Waals surface area contributed by atoms with Crippen LogP contribution < -0.4 is 5.32 Å². The fourth-order valence-corrected chi connectivity index (χ4v) is 2.20. The molecule has 0 bridgehead atoms. The lowest BCUT2D eigenvalue weighted by Crippen LogP contribution is -2.18. The van der Waals surface area contributed by atoms with Crippen LogP contribution in [0.25, 0.3) is 0 Å². The predicted octanol–water partition coefficient (Wildman–Crippen LogP) is 2.26. The number of aryl methyl sites for hydroxylation is 1. The molecule has 1 N–H and O–H groups in total. The van der Waals surface area contributed by atoms with Gasteiger partial charge in [0, 0.05) is 31.4 Å². The summed E-state index contributed by atoms with van der Waals surface area (Å²) in [6.07, 6.45) is 10.1. The summed E-state index contributed by atoms with van der Waals surface area (Å²) in [5, 5.41) is 3.49. The van der Waals surface area contributed by atoms with Crippen LogP contribution in [0.5, 0.6) is 0 Å². The maximum absolute atomic E-state index is 11.2. The van der Waals surface area contributed by atoms with Crippen molar-refractivity contribution in [3.05, 3.63) is 18.2 Å². The van der Waals surface area contributed by atoms with E-state index in [4.69, 9.17) is 4.74 Å². The van der Waals surface area contributed by atoms with Crippen LogP contribution in [0.3, 0.4) is 0 Å². The molecule has 2 rings (SSSR count). The number of esters is 1. The smallest absolute Gasteiger partial charge is 0.305 e. The van der Waals surface area contributed by atoms with Crippen LogP contribution in [-0.2, 0) is 22.6 Å². The summed E-state index contributed by atoms with van der Waals surface area (Å²) < 4.78 is 7.12. The zero-order valence-corrected chi connectivity index (χ0v) is 12.3. The van der Waals surface area contributed by atoms with E-state index in [0.29, 0.717) is 19.1 Å². The van der Waals surface area contributed by atoms with Gasteiger partial charge in [-0.05, 0) is 32.6 Å². The minimum Gasteiger partial charge on any atom is -0.466 e. The van der Waals surface area contributed by atoms with Gasteiger partial charge in [0.25, 0.3) is 0 Å². The highest BCUT2D eigenvalue weighted by atomic mass is 16.5. The summed E-state index contributed by atoms with van der Waals surface area (Å²) in [6.45, 7) is 4.16. The van der Waals surface area contributed by atoms with E-state index in [-0.39, 0.29) is 5.97 Å². The Labute approximate surface area is 120 Å². The zero-order chi connectivity index (χ0) is 14.2. The van der Waals surface area contributed by atoms with Gasteiger partial charge in [-0.25, -0.2) is 4.98 Å². The maximum atomic E-state index is 11.2. The van der Waals surface area contributed by atoms with Gasteiger partial charge in [0.05, 0.1) is 13.2 Å². The largest absolute Gasteiger partial charge is 0.466 e. The molecule has 0 radical (unpaired) electrons. The highest BCUT2D eigenvalue weighted by Gasteiger charge is 2.20. The molecule has 1 aromatic heterocycles. The molecular formula is C15H25N3O2. The summed E-state index contributed by atoms with van der Waals surface area (Å²) in [4.78, 5) is 15.6. The second kappa shape index (κ2) is 8.04. The SMILES string of the molecule is CCOC(=O)CCCCCn1ccnc1CNC1CC1. The van der Waals surface area contributed by atoms with E-state index in [2.05, 4.69) is 14.9 Å². The number of carbonyl (C=O) groups is 1. The second-order valence-corrected chi connectivity index (χ2v) is 5.31. The van der Waals surface area contributed by atoms with E-state index in [1.807, 2.05) is 19.3 Å². The van der Waals surface area contributed by atoms with E-state index in [1.165, 1.54) is 12.8 Å². The monoisotopic (exact) mass is 279 g/mol. The Morgan fingerprint density at radius 3 is 3.05 bits per heavy atom. The number of imidazole rings is 1. The molecule has 1 heterocycles. The van der Waals surface area contributed by atoms with Crippen molar-refractivity contribution >= 4 is 5.97 Å². The quantitative estimate of drug-likeness (QED) is 0.527. The third-order valence-corrected chi connectivity index (χ3v) is 3.51. The molecule has 0 spiro atoms. The summed E-state index contributed by atoms with van der Waals surface area (Å²) in [5.74, 6) is 1.03. The molecule has 0 aromatic carbocycles. The van der Waals surface area contributed by atoms with Crippen LogP contribution in [0.1, 0.15) is 51.3 Å². The number of hydrogen-bond acceptors (Lipinski definition) is 4. The van der Waals surface area contributed by atoms with Crippen LogP contribution in [0.2, 0.25) is 0 Å². The maximum Gasteiger partial charge on any atom is 0.305 e. The number of nitrogens with one attached hydrogen (secondary N) is 1. The lowest BCUT2D eigenvalue weighted by molar-refractivity contribution is -0.143. The molecule has 1 fully saturated rings. The molecule has 0 amide bonds. The minimum atomic E-state index is -0.0792. The lowest BCUT2D eigenvalue weighted by Gasteiger charge is -2.08. The molecule has 0 atom stereocenters. The number of nitrogens with zero attached hydrogens (tertiary/aromatic N) is 2. The van der Waals surface area contributed by atoms with Crippen molar-refractivity contribution < 1.29 is 9.53 Å². The predicted molar refractivity (Wildman–Crippen MR) is 77.2 cm³/mol. The number of hydrogen-bond donors (Lipinski definition) is 1. The highest BCUT2D eigenvalue weighted by molar-refractivity contribution is 5.69. The average molecular weight is 279 g/mol. The Morgan fingerprint density at radius 2 is 2.30 bits per heavy atom. The standard InChI is InChI=1S/C15H25N3O2/c1-2-20-15(19)6-4-3-5-10-18-11-9-16-14(18)12-17-13-7-8-13/h9,11,13,17H,2-8,10,12H2,1H3. The Hall–Kier alpha value is -1.36. The van der Waals surface area contributed by atoms with Crippen molar-refractivity contribution in [2.45, 2.75) is 64.6 Å². The van der Waals surface area contributed by atoms with Gasteiger partial charge in [-0.1, -0.05) is 6.42 Å². The van der Waals surface area contributed by atoms with Gasteiger partial charge in [0.15, 0.2) is 0 Å². The van der Waals surface area contributed by atoms with Crippen LogP contribution >= 0.6 is 0 Å². The van der Waals surface area contributed by atoms with Gasteiger partial charge >= 0.3 is 5.97 Å². The van der Waals surface area contributed by atoms with E-state index in [9.17, 15) is 4.79 Å². The number of ether oxygens (including phenoxy) is 1. The first-order valence-electron chi connectivity index (χ1n) is 7.68. The fourth-order valence-electron chi connectivity index (χ4n) is 2.20. The number of rotatable bonds is 10. The molecule has 1 aromatic rings. The van der Waals surface area contributed by atoms with Gasteiger partial charge < -0.3 is 14.6 Å². The van der Waals surface area contributed by atoms with Gasteiger partial charge in [0.1, 0.15) is 5.82 Å². The van der Waals surface area contributed by atoms with E-state index < -0.39 is 0 Å². The fraction of sp³-hybridized carbons (Fsp3) is 0.733. The van der Waals surface area contributed by atoms with E-state index in [0.717, 1.165) is 38.2 Å². The Kier molecular flexibility index (Phi) is 6.05. The average Bonchev–Trinajstić information content (AvgIpc) is 3.16. The first-order valence-corrected chi connectivity index (χ1v) is 7.68. The molecule has 1 aliphatic rings. The Bertz CT molecular complexity index is 413. The van der Waals surface area contributed by atoms with Crippen molar-refractivity contribution in [1.29, 1.82) is 0 Å². The molecular weight excluding hydrogens is 254 g/mol. The molecule has 20 heavy (non-hydrogen) atoms. The molecule has 5 nitrogen and oxygen atoms in total. The molecule has 0 unspecified atom stereocenters. The molecule has 0 saturated heterocycles. The highest BCUT2D eigenvalue weighted by Crippen LogP contribution is 2.19. The van der Waals surface area contributed by atoms with Crippen molar-refractivity contribution in [3.8, 4) is 0 Å². The van der Waals surface area contributed by atoms with Crippen molar-refractivity contribution in [2.24, 2.45) is 0 Å². The number of unbranched alkanes of at least 4 members (excludes halogenated alkanes) is 2. The second-order valence-electron chi connectivity index (χ2n) is 5.31. The zero-order valence-electron chi connectivity index (χ0n) is 12.3. The van der Waals surface area contributed by atoms with Crippen molar-refractivity contribution in [3.63, 3.8) is 0 Å². The molecule has 1 saturated carbocycles. The summed E-state index contributed by atoms with van der Waals surface area (Å²) >= 11 is 0. The number of aromatic nitrogens is 2. The minimum absolute atomic E-state index is 0.0792. The summed E-state index contributed by atoms with van der Waals surface area (Å²) in [5.41, 5.74) is 0. The first-order chi connectivity index (χ1) is 9.79.